The molecule has 0 bridgehead atoms. The topological polar surface area (TPSA) is 72.2 Å². The summed E-state index contributed by atoms with van der Waals surface area (Å²) in [5.41, 5.74) is 2.32. The maximum absolute atomic E-state index is 12.2. The lowest BCUT2D eigenvalue weighted by Gasteiger charge is -2.08. The van der Waals surface area contributed by atoms with Crippen molar-refractivity contribution in [3.05, 3.63) is 47.2 Å². The van der Waals surface area contributed by atoms with E-state index in [0.717, 1.165) is 11.1 Å². The van der Waals surface area contributed by atoms with Crippen molar-refractivity contribution in [2.45, 2.75) is 32.2 Å². The molecule has 5 nitrogen and oxygen atoms in total. The fourth-order valence-electron chi connectivity index (χ4n) is 1.84. The van der Waals surface area contributed by atoms with Gasteiger partial charge in [0.15, 0.2) is 5.89 Å². The summed E-state index contributed by atoms with van der Waals surface area (Å²) in [6.45, 7) is 5.53. The molecule has 0 saturated carbocycles. The van der Waals surface area contributed by atoms with Crippen LogP contribution in [-0.2, 0) is 16.6 Å². The SMILES string of the molecule is Cc1ccc(S(=O)(=O)NCc2coc(C)n2)c(C)c1. The van der Waals surface area contributed by atoms with E-state index in [-0.39, 0.29) is 6.54 Å². The summed E-state index contributed by atoms with van der Waals surface area (Å²) in [7, 11) is -3.53. The summed E-state index contributed by atoms with van der Waals surface area (Å²) in [6.07, 6.45) is 1.44. The second-order valence-electron chi connectivity index (χ2n) is 4.45. The summed E-state index contributed by atoms with van der Waals surface area (Å²) in [6, 6.07) is 5.23. The maximum Gasteiger partial charge on any atom is 0.241 e. The van der Waals surface area contributed by atoms with E-state index in [1.807, 2.05) is 13.0 Å². The van der Waals surface area contributed by atoms with Crippen LogP contribution in [0.15, 0.2) is 33.8 Å². The van der Waals surface area contributed by atoms with Crippen molar-refractivity contribution in [1.29, 1.82) is 0 Å². The Morgan fingerprint density at radius 1 is 1.26 bits per heavy atom. The van der Waals surface area contributed by atoms with Crippen molar-refractivity contribution < 1.29 is 12.8 Å². The summed E-state index contributed by atoms with van der Waals surface area (Å²) in [5, 5.41) is 0. The van der Waals surface area contributed by atoms with Crippen molar-refractivity contribution in [2.75, 3.05) is 0 Å². The number of nitrogens with one attached hydrogen (secondary N) is 1. The van der Waals surface area contributed by atoms with Crippen LogP contribution in [0.5, 0.6) is 0 Å². The van der Waals surface area contributed by atoms with Gasteiger partial charge in [0.25, 0.3) is 0 Å². The molecular weight excluding hydrogens is 264 g/mol. The molecule has 0 radical (unpaired) electrons. The van der Waals surface area contributed by atoms with Crippen molar-refractivity contribution in [2.24, 2.45) is 0 Å². The first-order chi connectivity index (χ1) is 8.88. The zero-order valence-corrected chi connectivity index (χ0v) is 11.9. The van der Waals surface area contributed by atoms with E-state index in [1.165, 1.54) is 6.26 Å². The van der Waals surface area contributed by atoms with Gasteiger partial charge in [-0.15, -0.1) is 0 Å². The van der Waals surface area contributed by atoms with Gasteiger partial charge in [-0.25, -0.2) is 18.1 Å². The third-order valence-corrected chi connectivity index (χ3v) is 4.29. The molecule has 0 atom stereocenters. The molecule has 0 fully saturated rings. The molecule has 0 aliphatic rings. The van der Waals surface area contributed by atoms with Crippen LogP contribution in [-0.4, -0.2) is 13.4 Å². The molecule has 0 saturated heterocycles. The zero-order valence-electron chi connectivity index (χ0n) is 11.1. The first kappa shape index (κ1) is 13.8. The Bertz CT molecular complexity index is 690. The lowest BCUT2D eigenvalue weighted by Crippen LogP contribution is -2.24. The molecule has 2 aromatic rings. The van der Waals surface area contributed by atoms with Gasteiger partial charge >= 0.3 is 0 Å². The number of hydrogen-bond donors (Lipinski definition) is 1. The molecule has 1 aromatic heterocycles. The average Bonchev–Trinajstić information content (AvgIpc) is 2.72. The predicted molar refractivity (Wildman–Crippen MR) is 71.2 cm³/mol. The monoisotopic (exact) mass is 280 g/mol. The number of hydrogen-bond acceptors (Lipinski definition) is 4. The molecule has 0 aliphatic carbocycles. The van der Waals surface area contributed by atoms with Crippen LogP contribution in [0.3, 0.4) is 0 Å². The minimum atomic E-state index is -3.53. The van der Waals surface area contributed by atoms with E-state index in [0.29, 0.717) is 16.5 Å². The number of nitrogens with zero attached hydrogens (tertiary/aromatic N) is 1. The number of aromatic nitrogens is 1. The van der Waals surface area contributed by atoms with Gasteiger partial charge in [-0.2, -0.15) is 0 Å². The average molecular weight is 280 g/mol. The summed E-state index contributed by atoms with van der Waals surface area (Å²) in [5.74, 6) is 0.515. The standard InChI is InChI=1S/C13H16N2O3S/c1-9-4-5-13(10(2)6-9)19(16,17)14-7-12-8-18-11(3)15-12/h4-6,8,14H,7H2,1-3H3. The van der Waals surface area contributed by atoms with E-state index < -0.39 is 10.0 Å². The molecule has 0 amide bonds. The second-order valence-corrected chi connectivity index (χ2v) is 6.19. The van der Waals surface area contributed by atoms with Crippen LogP contribution in [0.1, 0.15) is 22.7 Å². The Balaban J connectivity index is 2.18. The largest absolute Gasteiger partial charge is 0.449 e. The van der Waals surface area contributed by atoms with Gasteiger partial charge < -0.3 is 4.42 Å². The number of sulfonamides is 1. The molecule has 19 heavy (non-hydrogen) atoms. The third-order valence-electron chi connectivity index (χ3n) is 2.73. The lowest BCUT2D eigenvalue weighted by atomic mass is 10.2. The van der Waals surface area contributed by atoms with Crippen molar-refractivity contribution >= 4 is 10.0 Å². The van der Waals surface area contributed by atoms with Crippen LogP contribution in [0, 0.1) is 20.8 Å². The Hall–Kier alpha value is -1.66. The molecule has 1 heterocycles. The Labute approximate surface area is 112 Å². The number of benzene rings is 1. The summed E-state index contributed by atoms with van der Waals surface area (Å²) in [4.78, 5) is 4.34. The van der Waals surface area contributed by atoms with Gasteiger partial charge in [-0.05, 0) is 25.5 Å². The second kappa shape index (κ2) is 5.14. The highest BCUT2D eigenvalue weighted by atomic mass is 32.2. The normalized spacial score (nSPS) is 11.7. The van der Waals surface area contributed by atoms with Crippen LogP contribution in [0.25, 0.3) is 0 Å². The highest BCUT2D eigenvalue weighted by Crippen LogP contribution is 2.16. The Morgan fingerprint density at radius 3 is 2.58 bits per heavy atom. The fourth-order valence-corrected chi connectivity index (χ4v) is 3.06. The van der Waals surface area contributed by atoms with Crippen molar-refractivity contribution in [3.8, 4) is 0 Å². The van der Waals surface area contributed by atoms with Crippen molar-refractivity contribution in [3.63, 3.8) is 0 Å². The first-order valence-electron chi connectivity index (χ1n) is 5.86. The molecule has 6 heteroatoms. The molecule has 102 valence electrons. The predicted octanol–water partition coefficient (Wildman–Crippen LogP) is 2.08. The zero-order chi connectivity index (χ0) is 14.0. The van der Waals surface area contributed by atoms with E-state index >= 15 is 0 Å². The maximum atomic E-state index is 12.2. The van der Waals surface area contributed by atoms with Gasteiger partial charge in [0.2, 0.25) is 10.0 Å². The van der Waals surface area contributed by atoms with Gasteiger partial charge in [0.05, 0.1) is 17.1 Å². The van der Waals surface area contributed by atoms with Crippen LogP contribution >= 0.6 is 0 Å². The smallest absolute Gasteiger partial charge is 0.241 e. The number of aryl methyl sites for hydroxylation is 3. The third kappa shape index (κ3) is 3.21. The molecular formula is C13H16N2O3S. The van der Waals surface area contributed by atoms with Crippen LogP contribution in [0.4, 0.5) is 0 Å². The highest BCUT2D eigenvalue weighted by molar-refractivity contribution is 7.89. The molecule has 0 spiro atoms. The van der Waals surface area contributed by atoms with Crippen molar-refractivity contribution in [1.82, 2.24) is 9.71 Å². The highest BCUT2D eigenvalue weighted by Gasteiger charge is 2.16. The molecule has 1 aromatic carbocycles. The quantitative estimate of drug-likeness (QED) is 0.930. The minimum Gasteiger partial charge on any atom is -0.449 e. The van der Waals surface area contributed by atoms with Gasteiger partial charge in [0, 0.05) is 6.92 Å². The molecule has 1 N–H and O–H groups in total. The minimum absolute atomic E-state index is 0.118. The van der Waals surface area contributed by atoms with E-state index in [4.69, 9.17) is 4.42 Å². The molecule has 0 aliphatic heterocycles. The van der Waals surface area contributed by atoms with E-state index in [9.17, 15) is 8.42 Å². The Kier molecular flexibility index (Phi) is 3.73. The molecule has 2 rings (SSSR count). The van der Waals surface area contributed by atoms with Crippen LogP contribution < -0.4 is 4.72 Å². The number of rotatable bonds is 4. The lowest BCUT2D eigenvalue weighted by molar-refractivity contribution is 0.520. The van der Waals surface area contributed by atoms with Gasteiger partial charge in [-0.1, -0.05) is 17.7 Å². The van der Waals surface area contributed by atoms with Gasteiger partial charge in [0.1, 0.15) is 6.26 Å². The van der Waals surface area contributed by atoms with Gasteiger partial charge in [-0.3, -0.25) is 0 Å². The summed E-state index contributed by atoms with van der Waals surface area (Å²) < 4.78 is 31.9. The molecule has 0 unspecified atom stereocenters. The first-order valence-corrected chi connectivity index (χ1v) is 7.35. The van der Waals surface area contributed by atoms with E-state index in [1.54, 1.807) is 26.0 Å². The van der Waals surface area contributed by atoms with Crippen LogP contribution in [0.2, 0.25) is 0 Å². The van der Waals surface area contributed by atoms with E-state index in [2.05, 4.69) is 9.71 Å². The summed E-state index contributed by atoms with van der Waals surface area (Å²) >= 11 is 0. The fraction of sp³-hybridized carbons (Fsp3) is 0.308. The number of oxazole rings is 1. The Morgan fingerprint density at radius 2 is 2.00 bits per heavy atom.